The molecule has 14 heavy (non-hydrogen) atoms. The second kappa shape index (κ2) is 3.21. The van der Waals surface area contributed by atoms with Gasteiger partial charge in [-0.15, -0.1) is 11.3 Å². The van der Waals surface area contributed by atoms with E-state index in [1.165, 1.54) is 4.88 Å². The number of aryl methyl sites for hydroxylation is 1. The van der Waals surface area contributed by atoms with Crippen molar-refractivity contribution in [3.8, 4) is 0 Å². The van der Waals surface area contributed by atoms with E-state index in [9.17, 15) is 5.11 Å². The highest BCUT2D eigenvalue weighted by atomic mass is 32.1. The van der Waals surface area contributed by atoms with E-state index in [2.05, 4.69) is 4.98 Å². The summed E-state index contributed by atoms with van der Waals surface area (Å²) in [6, 6.07) is 0. The molecule has 0 unspecified atom stereocenters. The molecular formula is C10H16N2OS. The van der Waals surface area contributed by atoms with Gasteiger partial charge in [-0.2, -0.15) is 0 Å². The lowest BCUT2D eigenvalue weighted by molar-refractivity contribution is 0.151. The minimum atomic E-state index is -0.402. The van der Waals surface area contributed by atoms with Crippen molar-refractivity contribution in [2.24, 2.45) is 0 Å². The van der Waals surface area contributed by atoms with Gasteiger partial charge in [0.15, 0.2) is 5.13 Å². The Morgan fingerprint density at radius 3 is 2.57 bits per heavy atom. The maximum atomic E-state index is 9.82. The molecular weight excluding hydrogens is 196 g/mol. The highest BCUT2D eigenvalue weighted by Crippen LogP contribution is 2.40. The van der Waals surface area contributed by atoms with E-state index in [0.29, 0.717) is 0 Å². The van der Waals surface area contributed by atoms with Crippen molar-refractivity contribution >= 4 is 16.5 Å². The van der Waals surface area contributed by atoms with Gasteiger partial charge >= 0.3 is 0 Å². The molecule has 2 rings (SSSR count). The Morgan fingerprint density at radius 1 is 1.50 bits per heavy atom. The summed E-state index contributed by atoms with van der Waals surface area (Å²) < 4.78 is 0. The molecule has 0 aromatic carbocycles. The van der Waals surface area contributed by atoms with Crippen molar-refractivity contribution in [2.75, 3.05) is 19.0 Å². The van der Waals surface area contributed by atoms with E-state index in [0.717, 1.165) is 30.1 Å². The van der Waals surface area contributed by atoms with Crippen LogP contribution in [0, 0.1) is 6.92 Å². The van der Waals surface area contributed by atoms with Gasteiger partial charge < -0.3 is 10.0 Å². The lowest BCUT2D eigenvalue weighted by Crippen LogP contribution is -2.10. The predicted octanol–water partition coefficient (Wildman–Crippen LogP) is 1.58. The molecule has 0 bridgehead atoms. The first-order chi connectivity index (χ1) is 6.50. The summed E-state index contributed by atoms with van der Waals surface area (Å²) in [5.41, 5.74) is 0.667. The monoisotopic (exact) mass is 212 g/mol. The van der Waals surface area contributed by atoms with Crippen molar-refractivity contribution in [3.63, 3.8) is 0 Å². The van der Waals surface area contributed by atoms with Crippen LogP contribution in [0.25, 0.3) is 0 Å². The molecule has 1 aromatic heterocycles. The van der Waals surface area contributed by atoms with Crippen LogP contribution >= 0.6 is 11.3 Å². The SMILES string of the molecule is Cc1nc(N(C)C)sc1CC1(O)CC1. The number of nitrogens with zero attached hydrogens (tertiary/aromatic N) is 2. The topological polar surface area (TPSA) is 36.4 Å². The second-order valence-electron chi connectivity index (χ2n) is 4.30. The average molecular weight is 212 g/mol. The standard InChI is InChI=1S/C10H16N2OS/c1-7-8(6-10(13)4-5-10)14-9(11-7)12(2)3/h13H,4-6H2,1-3H3. The molecule has 1 fully saturated rings. The molecule has 0 aliphatic heterocycles. The summed E-state index contributed by atoms with van der Waals surface area (Å²) in [5, 5.41) is 10.8. The van der Waals surface area contributed by atoms with Crippen LogP contribution in [-0.2, 0) is 6.42 Å². The highest BCUT2D eigenvalue weighted by Gasteiger charge is 2.41. The fourth-order valence-electron chi connectivity index (χ4n) is 1.39. The van der Waals surface area contributed by atoms with E-state index in [-0.39, 0.29) is 0 Å². The first-order valence-electron chi connectivity index (χ1n) is 4.86. The quantitative estimate of drug-likeness (QED) is 0.826. The third kappa shape index (κ3) is 1.91. The molecule has 0 spiro atoms. The summed E-state index contributed by atoms with van der Waals surface area (Å²) in [6.07, 6.45) is 2.67. The maximum absolute atomic E-state index is 9.82. The molecule has 1 aromatic rings. The smallest absolute Gasteiger partial charge is 0.185 e. The fraction of sp³-hybridized carbons (Fsp3) is 0.700. The molecule has 0 amide bonds. The van der Waals surface area contributed by atoms with E-state index >= 15 is 0 Å². The number of rotatable bonds is 3. The zero-order valence-electron chi connectivity index (χ0n) is 8.87. The molecule has 0 saturated heterocycles. The van der Waals surface area contributed by atoms with Crippen LogP contribution < -0.4 is 4.90 Å². The van der Waals surface area contributed by atoms with Gasteiger partial charge in [-0.3, -0.25) is 0 Å². The number of hydrogen-bond acceptors (Lipinski definition) is 4. The van der Waals surface area contributed by atoms with Crippen LogP contribution in [0.2, 0.25) is 0 Å². The Kier molecular flexibility index (Phi) is 2.27. The van der Waals surface area contributed by atoms with Gasteiger partial charge in [-0.1, -0.05) is 0 Å². The van der Waals surface area contributed by atoms with E-state index in [1.54, 1.807) is 11.3 Å². The maximum Gasteiger partial charge on any atom is 0.185 e. The molecule has 1 saturated carbocycles. The van der Waals surface area contributed by atoms with Crippen LogP contribution in [0.15, 0.2) is 0 Å². The van der Waals surface area contributed by atoms with E-state index < -0.39 is 5.60 Å². The number of aliphatic hydroxyl groups is 1. The summed E-state index contributed by atoms with van der Waals surface area (Å²) >= 11 is 1.69. The first-order valence-corrected chi connectivity index (χ1v) is 5.68. The third-order valence-electron chi connectivity index (χ3n) is 2.58. The minimum Gasteiger partial charge on any atom is -0.390 e. The summed E-state index contributed by atoms with van der Waals surface area (Å²) in [5.74, 6) is 0. The Morgan fingerprint density at radius 2 is 2.14 bits per heavy atom. The molecule has 1 heterocycles. The summed E-state index contributed by atoms with van der Waals surface area (Å²) in [6.45, 7) is 2.02. The van der Waals surface area contributed by atoms with Crippen molar-refractivity contribution in [3.05, 3.63) is 10.6 Å². The third-order valence-corrected chi connectivity index (χ3v) is 3.91. The normalized spacial score (nSPS) is 18.3. The van der Waals surface area contributed by atoms with Crippen LogP contribution in [0.1, 0.15) is 23.4 Å². The zero-order valence-corrected chi connectivity index (χ0v) is 9.69. The van der Waals surface area contributed by atoms with Crippen molar-refractivity contribution in [2.45, 2.75) is 31.8 Å². The Labute approximate surface area is 88.4 Å². The Bertz CT molecular complexity index is 342. The van der Waals surface area contributed by atoms with E-state index in [4.69, 9.17) is 0 Å². The van der Waals surface area contributed by atoms with Gasteiger partial charge in [0.25, 0.3) is 0 Å². The number of hydrogen-bond donors (Lipinski definition) is 1. The van der Waals surface area contributed by atoms with Gasteiger partial charge in [0.1, 0.15) is 0 Å². The molecule has 1 aliphatic rings. The molecule has 0 radical (unpaired) electrons. The largest absolute Gasteiger partial charge is 0.390 e. The molecule has 78 valence electrons. The predicted molar refractivity (Wildman–Crippen MR) is 59.1 cm³/mol. The molecule has 1 N–H and O–H groups in total. The van der Waals surface area contributed by atoms with Gasteiger partial charge in [-0.05, 0) is 19.8 Å². The first kappa shape index (κ1) is 9.93. The fourth-order valence-corrected chi connectivity index (χ4v) is 2.51. The molecule has 3 nitrogen and oxygen atoms in total. The number of thiazole rings is 1. The van der Waals surface area contributed by atoms with Crippen molar-refractivity contribution in [1.29, 1.82) is 0 Å². The summed E-state index contributed by atoms with van der Waals surface area (Å²) in [4.78, 5) is 7.70. The van der Waals surface area contributed by atoms with Gasteiger partial charge in [0.2, 0.25) is 0 Å². The Hall–Kier alpha value is -0.610. The minimum absolute atomic E-state index is 0.402. The zero-order chi connectivity index (χ0) is 10.3. The molecule has 0 atom stereocenters. The molecule has 1 aliphatic carbocycles. The van der Waals surface area contributed by atoms with Crippen molar-refractivity contribution in [1.82, 2.24) is 4.98 Å². The lowest BCUT2D eigenvalue weighted by atomic mass is 10.2. The molecule has 4 heteroatoms. The number of aromatic nitrogens is 1. The van der Waals surface area contributed by atoms with E-state index in [1.807, 2.05) is 25.9 Å². The van der Waals surface area contributed by atoms with Gasteiger partial charge in [0.05, 0.1) is 11.3 Å². The van der Waals surface area contributed by atoms with Crippen LogP contribution in [0.4, 0.5) is 5.13 Å². The van der Waals surface area contributed by atoms with Crippen LogP contribution in [0.3, 0.4) is 0 Å². The van der Waals surface area contributed by atoms with Crippen molar-refractivity contribution < 1.29 is 5.11 Å². The Balaban J connectivity index is 2.17. The van der Waals surface area contributed by atoms with Crippen LogP contribution in [-0.4, -0.2) is 29.8 Å². The average Bonchev–Trinajstić information content (AvgIpc) is 2.69. The second-order valence-corrected chi connectivity index (χ2v) is 5.36. The van der Waals surface area contributed by atoms with Gasteiger partial charge in [-0.25, -0.2) is 4.98 Å². The lowest BCUT2D eigenvalue weighted by Gasteiger charge is -2.06. The summed E-state index contributed by atoms with van der Waals surface area (Å²) in [7, 11) is 3.99. The highest BCUT2D eigenvalue weighted by molar-refractivity contribution is 7.15. The van der Waals surface area contributed by atoms with Gasteiger partial charge in [0, 0.05) is 25.4 Å². The number of anilines is 1. The van der Waals surface area contributed by atoms with Crippen LogP contribution in [0.5, 0.6) is 0 Å².